The van der Waals surface area contributed by atoms with Crippen LogP contribution < -0.4 is 4.74 Å². The molecule has 0 unspecified atom stereocenters. The fourth-order valence-corrected chi connectivity index (χ4v) is 1.89. The summed E-state index contributed by atoms with van der Waals surface area (Å²) in [5, 5.41) is 9.95. The first kappa shape index (κ1) is 16.8. The molecular weight excluding hydrogens is 272 g/mol. The molecule has 5 nitrogen and oxygen atoms in total. The summed E-state index contributed by atoms with van der Waals surface area (Å²) in [6.07, 6.45) is 0.890. The van der Waals surface area contributed by atoms with E-state index in [0.717, 1.165) is 30.1 Å². The SMILES string of the molecule is COC(=O)C(=O)/C=C(\O)c1cc(C)c(OC(C)C)c(C)c1. The molecule has 1 rings (SSSR count). The Bertz CT molecular complexity index is 561. The number of hydrogen-bond acceptors (Lipinski definition) is 5. The van der Waals surface area contributed by atoms with E-state index in [-0.39, 0.29) is 11.9 Å². The van der Waals surface area contributed by atoms with E-state index >= 15 is 0 Å². The van der Waals surface area contributed by atoms with Crippen molar-refractivity contribution in [3.63, 3.8) is 0 Å². The zero-order valence-electron chi connectivity index (χ0n) is 12.9. The first-order valence-corrected chi connectivity index (χ1v) is 6.57. The van der Waals surface area contributed by atoms with E-state index in [1.807, 2.05) is 27.7 Å². The second-order valence-corrected chi connectivity index (χ2v) is 4.99. The summed E-state index contributed by atoms with van der Waals surface area (Å²) < 4.78 is 10.00. The van der Waals surface area contributed by atoms with Crippen LogP contribution in [0.3, 0.4) is 0 Å². The molecule has 0 saturated carbocycles. The van der Waals surface area contributed by atoms with Gasteiger partial charge < -0.3 is 14.6 Å². The van der Waals surface area contributed by atoms with Gasteiger partial charge in [0.2, 0.25) is 0 Å². The summed E-state index contributed by atoms with van der Waals surface area (Å²) in [6.45, 7) is 7.56. The van der Waals surface area contributed by atoms with Crippen molar-refractivity contribution in [2.45, 2.75) is 33.8 Å². The summed E-state index contributed by atoms with van der Waals surface area (Å²) >= 11 is 0. The van der Waals surface area contributed by atoms with Crippen molar-refractivity contribution in [2.24, 2.45) is 0 Å². The van der Waals surface area contributed by atoms with Crippen LogP contribution in [0.2, 0.25) is 0 Å². The van der Waals surface area contributed by atoms with Gasteiger partial charge in [-0.2, -0.15) is 0 Å². The third-order valence-electron chi connectivity index (χ3n) is 2.76. The van der Waals surface area contributed by atoms with Crippen molar-refractivity contribution in [3.05, 3.63) is 34.9 Å². The number of aryl methyl sites for hydroxylation is 2. The van der Waals surface area contributed by atoms with Crippen LogP contribution in [-0.2, 0) is 14.3 Å². The maximum Gasteiger partial charge on any atom is 0.378 e. The molecule has 0 amide bonds. The Morgan fingerprint density at radius 1 is 1.19 bits per heavy atom. The molecule has 0 heterocycles. The summed E-state index contributed by atoms with van der Waals surface area (Å²) in [6, 6.07) is 3.39. The maximum atomic E-state index is 11.4. The lowest BCUT2D eigenvalue weighted by Crippen LogP contribution is -2.13. The van der Waals surface area contributed by atoms with E-state index < -0.39 is 11.8 Å². The Morgan fingerprint density at radius 2 is 1.71 bits per heavy atom. The van der Waals surface area contributed by atoms with Crippen molar-refractivity contribution in [1.29, 1.82) is 0 Å². The van der Waals surface area contributed by atoms with Gasteiger partial charge in [0, 0.05) is 11.6 Å². The van der Waals surface area contributed by atoms with Crippen LogP contribution in [0.1, 0.15) is 30.5 Å². The highest BCUT2D eigenvalue weighted by atomic mass is 16.5. The molecule has 0 fully saturated rings. The third kappa shape index (κ3) is 4.34. The molecular formula is C16H20O5. The van der Waals surface area contributed by atoms with E-state index in [1.54, 1.807) is 12.1 Å². The molecule has 0 spiro atoms. The number of carbonyl (C=O) groups is 2. The van der Waals surface area contributed by atoms with Gasteiger partial charge in [0.05, 0.1) is 13.2 Å². The lowest BCUT2D eigenvalue weighted by molar-refractivity contribution is -0.149. The summed E-state index contributed by atoms with van der Waals surface area (Å²) in [4.78, 5) is 22.4. The van der Waals surface area contributed by atoms with Gasteiger partial charge in [0.1, 0.15) is 11.5 Å². The number of ether oxygens (including phenoxy) is 2. The number of aliphatic hydroxyl groups is 1. The summed E-state index contributed by atoms with van der Waals surface area (Å²) in [5.41, 5.74) is 2.12. The van der Waals surface area contributed by atoms with Gasteiger partial charge in [0.25, 0.3) is 5.78 Å². The molecule has 21 heavy (non-hydrogen) atoms. The molecule has 1 aromatic carbocycles. The van der Waals surface area contributed by atoms with E-state index in [0.29, 0.717) is 5.56 Å². The average molecular weight is 292 g/mol. The van der Waals surface area contributed by atoms with Crippen LogP contribution in [0.4, 0.5) is 0 Å². The zero-order valence-corrected chi connectivity index (χ0v) is 12.9. The monoisotopic (exact) mass is 292 g/mol. The number of methoxy groups -OCH3 is 1. The molecule has 0 saturated heterocycles. The van der Waals surface area contributed by atoms with Gasteiger partial charge in [0.15, 0.2) is 0 Å². The van der Waals surface area contributed by atoms with Crippen LogP contribution in [-0.4, -0.2) is 30.1 Å². The maximum absolute atomic E-state index is 11.4. The van der Waals surface area contributed by atoms with Crippen molar-refractivity contribution >= 4 is 17.5 Å². The van der Waals surface area contributed by atoms with E-state index in [4.69, 9.17) is 4.74 Å². The van der Waals surface area contributed by atoms with Gasteiger partial charge in [-0.15, -0.1) is 0 Å². The molecule has 0 atom stereocenters. The fourth-order valence-electron chi connectivity index (χ4n) is 1.89. The highest BCUT2D eigenvalue weighted by molar-refractivity contribution is 6.39. The minimum absolute atomic E-state index is 0.0401. The third-order valence-corrected chi connectivity index (χ3v) is 2.76. The number of benzene rings is 1. The molecule has 1 aromatic rings. The van der Waals surface area contributed by atoms with E-state index in [2.05, 4.69) is 4.74 Å². The number of aliphatic hydroxyl groups excluding tert-OH is 1. The van der Waals surface area contributed by atoms with Crippen LogP contribution in [0.15, 0.2) is 18.2 Å². The van der Waals surface area contributed by atoms with Crippen molar-refractivity contribution < 1.29 is 24.2 Å². The highest BCUT2D eigenvalue weighted by Gasteiger charge is 2.15. The number of rotatable bonds is 5. The Balaban J connectivity index is 3.13. The Labute approximate surface area is 124 Å². The molecule has 0 radical (unpaired) electrons. The lowest BCUT2D eigenvalue weighted by atomic mass is 10.0. The number of hydrogen-bond donors (Lipinski definition) is 1. The Kier molecular flexibility index (Phi) is 5.52. The molecule has 5 heteroatoms. The van der Waals surface area contributed by atoms with Gasteiger partial charge in [-0.05, 0) is 51.0 Å². The molecule has 1 N–H and O–H groups in total. The highest BCUT2D eigenvalue weighted by Crippen LogP contribution is 2.28. The minimum atomic E-state index is -1.02. The quantitative estimate of drug-likeness (QED) is 0.391. The van der Waals surface area contributed by atoms with Crippen molar-refractivity contribution in [1.82, 2.24) is 0 Å². The second kappa shape index (κ2) is 6.92. The van der Waals surface area contributed by atoms with Crippen LogP contribution in [0.5, 0.6) is 5.75 Å². The zero-order chi connectivity index (χ0) is 16.2. The Morgan fingerprint density at radius 3 is 2.14 bits per heavy atom. The van der Waals surface area contributed by atoms with Gasteiger partial charge >= 0.3 is 5.97 Å². The van der Waals surface area contributed by atoms with Crippen LogP contribution in [0, 0.1) is 13.8 Å². The van der Waals surface area contributed by atoms with Crippen molar-refractivity contribution in [3.8, 4) is 5.75 Å². The van der Waals surface area contributed by atoms with Gasteiger partial charge in [-0.25, -0.2) is 4.79 Å². The lowest BCUT2D eigenvalue weighted by Gasteiger charge is -2.16. The Hall–Kier alpha value is -2.30. The van der Waals surface area contributed by atoms with E-state index in [1.165, 1.54) is 0 Å². The smallest absolute Gasteiger partial charge is 0.378 e. The fraction of sp³-hybridized carbons (Fsp3) is 0.375. The molecule has 0 aliphatic heterocycles. The molecule has 0 aliphatic rings. The predicted octanol–water partition coefficient (Wildman–Crippen LogP) is 2.73. The van der Waals surface area contributed by atoms with E-state index in [9.17, 15) is 14.7 Å². The second-order valence-electron chi connectivity index (χ2n) is 4.99. The molecule has 0 bridgehead atoms. The molecule has 0 aromatic heterocycles. The topological polar surface area (TPSA) is 72.8 Å². The standard InChI is InChI=1S/C16H20O5/c1-9(2)21-15-10(3)6-12(7-11(15)4)13(17)8-14(18)16(19)20-5/h6-9,17H,1-5H3/b13-8-. The minimum Gasteiger partial charge on any atom is -0.507 e. The normalized spacial score (nSPS) is 11.4. The first-order chi connectivity index (χ1) is 9.76. The van der Waals surface area contributed by atoms with Gasteiger partial charge in [-0.1, -0.05) is 0 Å². The first-order valence-electron chi connectivity index (χ1n) is 6.57. The number of carbonyl (C=O) groups excluding carboxylic acids is 2. The summed E-state index contributed by atoms with van der Waals surface area (Å²) in [5.74, 6) is -1.46. The largest absolute Gasteiger partial charge is 0.507 e. The molecule has 114 valence electrons. The number of ketones is 1. The van der Waals surface area contributed by atoms with Crippen molar-refractivity contribution in [2.75, 3.05) is 7.11 Å². The number of esters is 1. The summed E-state index contributed by atoms with van der Waals surface area (Å²) in [7, 11) is 1.11. The van der Waals surface area contributed by atoms with Crippen LogP contribution >= 0.6 is 0 Å². The predicted molar refractivity (Wildman–Crippen MR) is 79.3 cm³/mol. The van der Waals surface area contributed by atoms with Crippen LogP contribution in [0.25, 0.3) is 5.76 Å². The average Bonchev–Trinajstić information content (AvgIpc) is 2.41. The van der Waals surface area contributed by atoms with Gasteiger partial charge in [-0.3, -0.25) is 4.79 Å². The molecule has 0 aliphatic carbocycles.